The number of benzene rings is 2. The average Bonchev–Trinajstić information content (AvgIpc) is 2.93. The molecule has 1 aliphatic carbocycles. The second kappa shape index (κ2) is 6.54. The molecule has 0 unspecified atom stereocenters. The highest BCUT2D eigenvalue weighted by atomic mass is 32.2. The normalized spacial score (nSPS) is 21.2. The minimum Gasteiger partial charge on any atom is -0.385 e. The van der Waals surface area contributed by atoms with E-state index >= 15 is 0 Å². The Hall–Kier alpha value is -2.50. The van der Waals surface area contributed by atoms with Gasteiger partial charge in [0.05, 0.1) is 16.1 Å². The maximum atomic E-state index is 14.4. The van der Waals surface area contributed by atoms with E-state index in [0.717, 1.165) is 12.3 Å². The van der Waals surface area contributed by atoms with Gasteiger partial charge in [-0.1, -0.05) is 0 Å². The molecule has 4 rings (SSSR count). The summed E-state index contributed by atoms with van der Waals surface area (Å²) in [7, 11) is -3.66. The van der Waals surface area contributed by atoms with E-state index < -0.39 is 27.9 Å². The largest absolute Gasteiger partial charge is 0.385 e. The lowest BCUT2D eigenvalue weighted by molar-refractivity contribution is 0.0907. The highest BCUT2D eigenvalue weighted by Crippen LogP contribution is 2.46. The Bertz CT molecular complexity index is 1130. The molecule has 1 aliphatic heterocycles. The van der Waals surface area contributed by atoms with Gasteiger partial charge in [0.2, 0.25) is 0 Å². The third kappa shape index (κ3) is 2.86. The number of aliphatic hydroxyl groups excluding tert-OH is 1. The van der Waals surface area contributed by atoms with Gasteiger partial charge in [-0.2, -0.15) is 5.26 Å². The van der Waals surface area contributed by atoms with Gasteiger partial charge in [-0.15, -0.1) is 0 Å². The van der Waals surface area contributed by atoms with Gasteiger partial charge in [0.1, 0.15) is 24.2 Å². The SMILES string of the molecule is CS(=O)(=O)c1ccc(N2CCCc3cc(F)cc(C#N)c32)c2c1[C@H](O)[C@H](F)C2. The zero-order chi connectivity index (χ0) is 20.2. The van der Waals surface area contributed by atoms with Crippen LogP contribution in [0, 0.1) is 17.1 Å². The van der Waals surface area contributed by atoms with Crippen molar-refractivity contribution in [2.45, 2.75) is 36.4 Å². The lowest BCUT2D eigenvalue weighted by Gasteiger charge is -2.34. The molecule has 0 saturated heterocycles. The Balaban J connectivity index is 1.96. The molecule has 5 nitrogen and oxygen atoms in total. The molecular weight excluding hydrogens is 386 g/mol. The zero-order valence-corrected chi connectivity index (χ0v) is 15.9. The summed E-state index contributed by atoms with van der Waals surface area (Å²) >= 11 is 0. The number of sulfone groups is 1. The fourth-order valence-electron chi connectivity index (χ4n) is 4.26. The van der Waals surface area contributed by atoms with Gasteiger partial charge in [-0.3, -0.25) is 0 Å². The number of hydrogen-bond acceptors (Lipinski definition) is 5. The van der Waals surface area contributed by atoms with Gasteiger partial charge < -0.3 is 10.0 Å². The van der Waals surface area contributed by atoms with E-state index in [4.69, 9.17) is 0 Å². The molecule has 2 aromatic rings. The molecule has 2 aliphatic rings. The molecule has 1 N–H and O–H groups in total. The number of alkyl halides is 1. The summed E-state index contributed by atoms with van der Waals surface area (Å²) in [5.41, 5.74) is 2.46. The van der Waals surface area contributed by atoms with E-state index in [9.17, 15) is 27.6 Å². The Labute approximate surface area is 161 Å². The van der Waals surface area contributed by atoms with Crippen LogP contribution in [0.5, 0.6) is 0 Å². The molecule has 2 atom stereocenters. The number of aliphatic hydroxyl groups is 1. The Morgan fingerprint density at radius 3 is 2.75 bits per heavy atom. The Morgan fingerprint density at radius 2 is 2.07 bits per heavy atom. The fraction of sp³-hybridized carbons (Fsp3) is 0.350. The molecule has 28 heavy (non-hydrogen) atoms. The number of aryl methyl sites for hydroxylation is 1. The first-order valence-electron chi connectivity index (χ1n) is 8.90. The summed E-state index contributed by atoms with van der Waals surface area (Å²) in [4.78, 5) is 1.72. The van der Waals surface area contributed by atoms with Crippen LogP contribution >= 0.6 is 0 Å². The van der Waals surface area contributed by atoms with Crippen molar-refractivity contribution >= 4 is 21.2 Å². The van der Waals surface area contributed by atoms with Crippen LogP contribution in [0.15, 0.2) is 29.2 Å². The van der Waals surface area contributed by atoms with E-state index in [1.54, 1.807) is 6.07 Å². The Kier molecular flexibility index (Phi) is 4.40. The van der Waals surface area contributed by atoms with Crippen molar-refractivity contribution in [3.63, 3.8) is 0 Å². The molecule has 8 heteroatoms. The molecular formula is C20H18F2N2O3S. The van der Waals surface area contributed by atoms with E-state index in [-0.39, 0.29) is 22.4 Å². The zero-order valence-electron chi connectivity index (χ0n) is 15.1. The minimum absolute atomic E-state index is 0.0836. The second-order valence-electron chi connectivity index (χ2n) is 7.24. The summed E-state index contributed by atoms with van der Waals surface area (Å²) in [6.07, 6.45) is -0.920. The van der Waals surface area contributed by atoms with Crippen LogP contribution in [0.4, 0.5) is 20.2 Å². The number of halogens is 2. The van der Waals surface area contributed by atoms with Crippen molar-refractivity contribution in [3.05, 3.63) is 52.3 Å². The van der Waals surface area contributed by atoms with E-state index in [1.807, 2.05) is 11.0 Å². The lowest BCUT2D eigenvalue weighted by atomic mass is 9.95. The minimum atomic E-state index is -3.66. The smallest absolute Gasteiger partial charge is 0.175 e. The number of fused-ring (bicyclic) bond motifs is 2. The van der Waals surface area contributed by atoms with Gasteiger partial charge in [0.15, 0.2) is 9.84 Å². The van der Waals surface area contributed by atoms with Crippen LogP contribution in [0.3, 0.4) is 0 Å². The molecule has 0 radical (unpaired) electrons. The standard InChI is InChI=1S/C20H18F2N2O3S/c1-28(26,27)17-5-4-16(14-9-15(22)20(25)18(14)17)24-6-2-3-11-7-13(21)8-12(10-23)19(11)24/h4-5,7-8,15,20,25H,2-3,6,9H2,1H3/t15-,20-/m1/s1. The summed E-state index contributed by atoms with van der Waals surface area (Å²) in [5, 5.41) is 19.8. The van der Waals surface area contributed by atoms with Crippen LogP contribution in [-0.2, 0) is 22.7 Å². The molecule has 0 aromatic heterocycles. The first-order valence-corrected chi connectivity index (χ1v) is 10.8. The number of nitrogens with zero attached hydrogens (tertiary/aromatic N) is 2. The molecule has 0 fully saturated rings. The van der Waals surface area contributed by atoms with Gasteiger partial charge in [0, 0.05) is 30.5 Å². The van der Waals surface area contributed by atoms with Crippen molar-refractivity contribution in [2.75, 3.05) is 17.7 Å². The summed E-state index contributed by atoms with van der Waals surface area (Å²) in [6.45, 7) is 0.519. The Morgan fingerprint density at radius 1 is 1.32 bits per heavy atom. The topological polar surface area (TPSA) is 81.4 Å². The third-order valence-corrected chi connectivity index (χ3v) is 6.55. The summed E-state index contributed by atoms with van der Waals surface area (Å²) in [6, 6.07) is 7.52. The number of anilines is 2. The van der Waals surface area contributed by atoms with Crippen molar-refractivity contribution in [2.24, 2.45) is 0 Å². The van der Waals surface area contributed by atoms with E-state index in [1.165, 1.54) is 12.1 Å². The molecule has 0 amide bonds. The van der Waals surface area contributed by atoms with Crippen LogP contribution in [0.1, 0.15) is 34.8 Å². The predicted molar refractivity (Wildman–Crippen MR) is 99.6 cm³/mol. The number of nitriles is 1. The molecule has 0 spiro atoms. The van der Waals surface area contributed by atoms with Crippen LogP contribution in [0.25, 0.3) is 0 Å². The maximum absolute atomic E-state index is 14.4. The van der Waals surface area contributed by atoms with Crippen molar-refractivity contribution in [1.29, 1.82) is 5.26 Å². The summed E-state index contributed by atoms with van der Waals surface area (Å²) in [5.74, 6) is -0.492. The third-order valence-electron chi connectivity index (χ3n) is 5.39. The van der Waals surface area contributed by atoms with Gasteiger partial charge in [-0.05, 0) is 48.2 Å². The first kappa shape index (κ1) is 18.8. The molecule has 0 bridgehead atoms. The van der Waals surface area contributed by atoms with Crippen molar-refractivity contribution < 1.29 is 22.3 Å². The number of hydrogen-bond donors (Lipinski definition) is 1. The molecule has 0 saturated carbocycles. The quantitative estimate of drug-likeness (QED) is 0.832. The van der Waals surface area contributed by atoms with Crippen molar-refractivity contribution in [3.8, 4) is 6.07 Å². The van der Waals surface area contributed by atoms with Gasteiger partial charge >= 0.3 is 0 Å². The van der Waals surface area contributed by atoms with Gasteiger partial charge in [0.25, 0.3) is 0 Å². The highest BCUT2D eigenvalue weighted by Gasteiger charge is 2.38. The van der Waals surface area contributed by atoms with E-state index in [2.05, 4.69) is 0 Å². The maximum Gasteiger partial charge on any atom is 0.175 e. The average molecular weight is 404 g/mol. The second-order valence-corrected chi connectivity index (χ2v) is 9.22. The van der Waals surface area contributed by atoms with Crippen LogP contribution in [0.2, 0.25) is 0 Å². The lowest BCUT2D eigenvalue weighted by Crippen LogP contribution is -2.27. The van der Waals surface area contributed by atoms with E-state index in [0.29, 0.717) is 41.9 Å². The van der Waals surface area contributed by atoms with Crippen molar-refractivity contribution in [1.82, 2.24) is 0 Å². The van der Waals surface area contributed by atoms with Crippen LogP contribution in [-0.4, -0.2) is 32.5 Å². The predicted octanol–water partition coefficient (Wildman–Crippen LogP) is 3.11. The molecule has 2 aromatic carbocycles. The van der Waals surface area contributed by atoms with Crippen LogP contribution < -0.4 is 4.90 Å². The molecule has 146 valence electrons. The fourth-order valence-corrected chi connectivity index (χ4v) is 5.22. The highest BCUT2D eigenvalue weighted by molar-refractivity contribution is 7.90. The molecule has 1 heterocycles. The number of rotatable bonds is 2. The van der Waals surface area contributed by atoms with Gasteiger partial charge in [-0.25, -0.2) is 17.2 Å². The summed E-state index contributed by atoms with van der Waals surface area (Å²) < 4.78 is 52.5. The monoisotopic (exact) mass is 404 g/mol. The first-order chi connectivity index (χ1) is 13.2.